The van der Waals surface area contributed by atoms with Crippen LogP contribution in [-0.2, 0) is 0 Å². The molecule has 0 saturated heterocycles. The van der Waals surface area contributed by atoms with Crippen LogP contribution in [-0.4, -0.2) is 15.0 Å². The molecule has 0 atom stereocenters. The third kappa shape index (κ3) is 1.44. The number of oxazole rings is 1. The maximum absolute atomic E-state index is 5.55. The molecule has 0 fully saturated rings. The van der Waals surface area contributed by atoms with Crippen molar-refractivity contribution in [2.45, 2.75) is 6.92 Å². The molecule has 0 aliphatic rings. The summed E-state index contributed by atoms with van der Waals surface area (Å²) in [6.07, 6.45) is 3.10. The maximum atomic E-state index is 5.55. The predicted molar refractivity (Wildman–Crippen MR) is 59.8 cm³/mol. The third-order valence-electron chi connectivity index (χ3n) is 2.34. The first-order chi connectivity index (χ1) is 7.83. The number of hydrogen-bond acceptors (Lipinski definition) is 4. The van der Waals surface area contributed by atoms with Crippen LogP contribution in [0.3, 0.4) is 0 Å². The first-order valence-corrected chi connectivity index (χ1v) is 4.96. The van der Waals surface area contributed by atoms with E-state index in [1.807, 2.05) is 31.2 Å². The van der Waals surface area contributed by atoms with E-state index in [2.05, 4.69) is 15.0 Å². The Hall–Kier alpha value is -2.23. The number of rotatable bonds is 1. The lowest BCUT2D eigenvalue weighted by Crippen LogP contribution is -1.78. The van der Waals surface area contributed by atoms with Crippen LogP contribution in [0.4, 0.5) is 0 Å². The maximum Gasteiger partial charge on any atom is 0.250 e. The van der Waals surface area contributed by atoms with Gasteiger partial charge in [-0.05, 0) is 19.1 Å². The van der Waals surface area contributed by atoms with Crippen LogP contribution in [0.5, 0.6) is 0 Å². The molecule has 0 saturated carbocycles. The lowest BCUT2D eigenvalue weighted by atomic mass is 10.1. The Kier molecular flexibility index (Phi) is 1.93. The van der Waals surface area contributed by atoms with Crippen LogP contribution >= 0.6 is 0 Å². The summed E-state index contributed by atoms with van der Waals surface area (Å²) >= 11 is 0. The fraction of sp³-hybridized carbons (Fsp3) is 0.0833. The molecular weight excluding hydrogens is 202 g/mol. The summed E-state index contributed by atoms with van der Waals surface area (Å²) in [5.74, 6) is 0.583. The number of benzene rings is 1. The van der Waals surface area contributed by atoms with E-state index in [9.17, 15) is 0 Å². The van der Waals surface area contributed by atoms with E-state index >= 15 is 0 Å². The van der Waals surface area contributed by atoms with Gasteiger partial charge in [-0.3, -0.25) is 0 Å². The molecule has 2 aromatic heterocycles. The molecule has 3 rings (SSSR count). The topological polar surface area (TPSA) is 51.8 Å². The summed E-state index contributed by atoms with van der Waals surface area (Å²) < 4.78 is 5.55. The van der Waals surface area contributed by atoms with Crippen molar-refractivity contribution in [3.05, 3.63) is 42.4 Å². The second kappa shape index (κ2) is 3.41. The fourth-order valence-electron chi connectivity index (χ4n) is 1.59. The van der Waals surface area contributed by atoms with Crippen molar-refractivity contribution in [2.75, 3.05) is 0 Å². The minimum absolute atomic E-state index is 0.520. The highest BCUT2D eigenvalue weighted by Gasteiger charge is 2.08. The average molecular weight is 211 g/mol. The zero-order valence-corrected chi connectivity index (χ0v) is 8.71. The Labute approximate surface area is 92.0 Å². The van der Waals surface area contributed by atoms with Crippen LogP contribution in [0.1, 0.15) is 5.56 Å². The zero-order chi connectivity index (χ0) is 11.0. The Bertz CT molecular complexity index is 612. The molecule has 0 spiro atoms. The van der Waals surface area contributed by atoms with Gasteiger partial charge >= 0.3 is 0 Å². The highest BCUT2D eigenvalue weighted by atomic mass is 16.4. The van der Waals surface area contributed by atoms with E-state index in [1.54, 1.807) is 6.20 Å². The molecule has 0 N–H and O–H groups in total. The largest absolute Gasteiger partial charge is 0.418 e. The van der Waals surface area contributed by atoms with Gasteiger partial charge in [0.05, 0.1) is 6.20 Å². The number of fused-ring (bicyclic) bond motifs is 1. The number of hydrogen-bond donors (Lipinski definition) is 0. The van der Waals surface area contributed by atoms with E-state index < -0.39 is 0 Å². The van der Waals surface area contributed by atoms with Gasteiger partial charge in [0.1, 0.15) is 11.8 Å². The van der Waals surface area contributed by atoms with Crippen LogP contribution in [0, 0.1) is 6.92 Å². The van der Waals surface area contributed by atoms with Gasteiger partial charge in [-0.25, -0.2) is 9.97 Å². The van der Waals surface area contributed by atoms with Gasteiger partial charge in [-0.2, -0.15) is 4.98 Å². The van der Waals surface area contributed by atoms with Gasteiger partial charge < -0.3 is 4.42 Å². The molecule has 0 aliphatic carbocycles. The molecule has 1 aromatic carbocycles. The van der Waals surface area contributed by atoms with Crippen molar-refractivity contribution in [1.29, 1.82) is 0 Å². The monoisotopic (exact) mass is 211 g/mol. The SMILES string of the molecule is Cc1cccc(-c2nc3cncnc3o2)c1. The molecule has 16 heavy (non-hydrogen) atoms. The lowest BCUT2D eigenvalue weighted by molar-refractivity contribution is 0.607. The fourth-order valence-corrected chi connectivity index (χ4v) is 1.59. The normalized spacial score (nSPS) is 10.8. The van der Waals surface area contributed by atoms with Gasteiger partial charge in [0, 0.05) is 5.56 Å². The van der Waals surface area contributed by atoms with E-state index in [4.69, 9.17) is 4.42 Å². The van der Waals surface area contributed by atoms with Gasteiger partial charge in [-0.15, -0.1) is 0 Å². The Morgan fingerprint density at radius 3 is 3.00 bits per heavy atom. The zero-order valence-electron chi connectivity index (χ0n) is 8.71. The lowest BCUT2D eigenvalue weighted by Gasteiger charge is -1.95. The summed E-state index contributed by atoms with van der Waals surface area (Å²) in [4.78, 5) is 12.2. The highest BCUT2D eigenvalue weighted by Crippen LogP contribution is 2.22. The van der Waals surface area contributed by atoms with Gasteiger partial charge in [0.25, 0.3) is 0 Å². The number of aromatic nitrogens is 3. The quantitative estimate of drug-likeness (QED) is 0.620. The Balaban J connectivity index is 2.19. The van der Waals surface area contributed by atoms with Crippen molar-refractivity contribution in [1.82, 2.24) is 15.0 Å². The smallest absolute Gasteiger partial charge is 0.250 e. The van der Waals surface area contributed by atoms with Gasteiger partial charge in [0.2, 0.25) is 11.6 Å². The predicted octanol–water partition coefficient (Wildman–Crippen LogP) is 2.59. The molecule has 4 heteroatoms. The van der Waals surface area contributed by atoms with Crippen molar-refractivity contribution in [2.24, 2.45) is 0 Å². The van der Waals surface area contributed by atoms with Crippen molar-refractivity contribution in [3.63, 3.8) is 0 Å². The first-order valence-electron chi connectivity index (χ1n) is 4.96. The molecule has 3 aromatic rings. The minimum Gasteiger partial charge on any atom is -0.418 e. The minimum atomic E-state index is 0.520. The van der Waals surface area contributed by atoms with Gasteiger partial charge in [-0.1, -0.05) is 17.7 Å². The summed E-state index contributed by atoms with van der Waals surface area (Å²) in [6.45, 7) is 2.03. The second-order valence-corrected chi connectivity index (χ2v) is 3.60. The summed E-state index contributed by atoms with van der Waals surface area (Å²) in [5, 5.41) is 0. The second-order valence-electron chi connectivity index (χ2n) is 3.60. The average Bonchev–Trinajstić information content (AvgIpc) is 2.72. The van der Waals surface area contributed by atoms with Gasteiger partial charge in [0.15, 0.2) is 0 Å². The summed E-state index contributed by atoms with van der Waals surface area (Å²) in [7, 11) is 0. The molecule has 4 nitrogen and oxygen atoms in total. The third-order valence-corrected chi connectivity index (χ3v) is 2.34. The van der Waals surface area contributed by atoms with E-state index in [0.29, 0.717) is 17.1 Å². The molecule has 0 aliphatic heterocycles. The summed E-state index contributed by atoms with van der Waals surface area (Å²) in [6, 6.07) is 8.00. The number of aryl methyl sites for hydroxylation is 1. The standard InChI is InChI=1S/C12H9N3O/c1-8-3-2-4-9(5-8)11-15-10-6-13-7-14-12(10)16-11/h2-7H,1H3. The molecular formula is C12H9N3O. The summed E-state index contributed by atoms with van der Waals surface area (Å²) in [5.41, 5.74) is 3.33. The molecule has 0 unspecified atom stereocenters. The van der Waals surface area contributed by atoms with Crippen LogP contribution in [0.15, 0.2) is 41.2 Å². The van der Waals surface area contributed by atoms with Crippen molar-refractivity contribution in [3.8, 4) is 11.5 Å². The molecule has 2 heterocycles. The van der Waals surface area contributed by atoms with Crippen LogP contribution in [0.2, 0.25) is 0 Å². The molecule has 0 radical (unpaired) electrons. The van der Waals surface area contributed by atoms with Crippen LogP contribution in [0.25, 0.3) is 22.7 Å². The Morgan fingerprint density at radius 2 is 2.19 bits per heavy atom. The van der Waals surface area contributed by atoms with Crippen molar-refractivity contribution < 1.29 is 4.42 Å². The number of nitrogens with zero attached hydrogens (tertiary/aromatic N) is 3. The first kappa shape index (κ1) is 9.03. The molecule has 78 valence electrons. The molecule has 0 bridgehead atoms. The van der Waals surface area contributed by atoms with Crippen LogP contribution < -0.4 is 0 Å². The van der Waals surface area contributed by atoms with E-state index in [-0.39, 0.29) is 0 Å². The van der Waals surface area contributed by atoms with E-state index in [1.165, 1.54) is 11.9 Å². The molecule has 0 amide bonds. The Morgan fingerprint density at radius 1 is 1.25 bits per heavy atom. The van der Waals surface area contributed by atoms with Crippen molar-refractivity contribution >= 4 is 11.2 Å². The van der Waals surface area contributed by atoms with E-state index in [0.717, 1.165) is 5.56 Å². The highest BCUT2D eigenvalue weighted by molar-refractivity contribution is 5.71.